The van der Waals surface area contributed by atoms with Crippen LogP contribution >= 0.6 is 0 Å². The summed E-state index contributed by atoms with van der Waals surface area (Å²) in [6, 6.07) is 12.5. The molecule has 1 unspecified atom stereocenters. The molecule has 1 atom stereocenters. The number of esters is 1. The summed E-state index contributed by atoms with van der Waals surface area (Å²) in [5.41, 5.74) is 2.17. The maximum Gasteiger partial charge on any atom is 0.337 e. The zero-order valence-electron chi connectivity index (χ0n) is 14.4. The fourth-order valence-electron chi connectivity index (χ4n) is 3.43. The lowest BCUT2D eigenvalue weighted by molar-refractivity contribution is 0.0600. The maximum absolute atomic E-state index is 12.7. The van der Waals surface area contributed by atoms with E-state index in [-0.39, 0.29) is 18.6 Å². The summed E-state index contributed by atoms with van der Waals surface area (Å²) >= 11 is 0. The molecule has 1 saturated heterocycles. The van der Waals surface area contributed by atoms with E-state index < -0.39 is 5.97 Å². The highest BCUT2D eigenvalue weighted by Gasteiger charge is 2.29. The molecule has 2 heterocycles. The van der Waals surface area contributed by atoms with Crippen molar-refractivity contribution in [3.05, 3.63) is 59.2 Å². The van der Waals surface area contributed by atoms with Gasteiger partial charge in [-0.3, -0.25) is 4.79 Å². The van der Waals surface area contributed by atoms with Gasteiger partial charge in [-0.15, -0.1) is 0 Å². The zero-order valence-corrected chi connectivity index (χ0v) is 14.4. The van der Waals surface area contributed by atoms with E-state index in [1.807, 2.05) is 23.1 Å². The average Bonchev–Trinajstić information content (AvgIpc) is 3.35. The Morgan fingerprint density at radius 3 is 2.54 bits per heavy atom. The van der Waals surface area contributed by atoms with Gasteiger partial charge in [-0.25, -0.2) is 4.79 Å². The van der Waals surface area contributed by atoms with Crippen LogP contribution in [-0.2, 0) is 4.74 Å². The third-order valence-electron chi connectivity index (χ3n) is 4.90. The Kier molecular flexibility index (Phi) is 4.24. The number of benzene rings is 2. The number of carbonyl (C=O) groups is 2. The molecule has 0 bridgehead atoms. The second-order valence-electron chi connectivity index (χ2n) is 6.42. The topological polar surface area (TPSA) is 65.1 Å². The van der Waals surface area contributed by atoms with Gasteiger partial charge in [-0.05, 0) is 48.4 Å². The first-order valence-electron chi connectivity index (χ1n) is 8.53. The molecule has 0 radical (unpaired) electrons. The minimum Gasteiger partial charge on any atom is -0.465 e. The molecule has 0 aliphatic carbocycles. The molecule has 2 aromatic carbocycles. The van der Waals surface area contributed by atoms with Crippen LogP contribution in [0.3, 0.4) is 0 Å². The summed E-state index contributed by atoms with van der Waals surface area (Å²) in [6.45, 7) is 1.63. The number of carbonyl (C=O) groups excluding carboxylic acids is 2. The first-order chi connectivity index (χ1) is 12.7. The quantitative estimate of drug-likeness (QED) is 0.794. The molecule has 0 spiro atoms. The molecular weight excluding hydrogens is 334 g/mol. The number of hydrogen-bond donors (Lipinski definition) is 0. The number of methoxy groups -OCH3 is 1. The first-order valence-corrected chi connectivity index (χ1v) is 8.53. The van der Waals surface area contributed by atoms with Gasteiger partial charge in [0.05, 0.1) is 12.7 Å². The zero-order chi connectivity index (χ0) is 18.1. The molecule has 6 nitrogen and oxygen atoms in total. The van der Waals surface area contributed by atoms with Crippen LogP contribution in [0.2, 0.25) is 0 Å². The third-order valence-corrected chi connectivity index (χ3v) is 4.90. The van der Waals surface area contributed by atoms with E-state index in [0.717, 1.165) is 23.5 Å². The van der Waals surface area contributed by atoms with Gasteiger partial charge in [-0.2, -0.15) is 0 Å². The highest BCUT2D eigenvalue weighted by atomic mass is 16.7. The van der Waals surface area contributed by atoms with E-state index >= 15 is 0 Å². The second-order valence-corrected chi connectivity index (χ2v) is 6.42. The fourth-order valence-corrected chi connectivity index (χ4v) is 3.43. The number of fused-ring (bicyclic) bond motifs is 1. The van der Waals surface area contributed by atoms with E-state index in [9.17, 15) is 9.59 Å². The number of nitrogens with zero attached hydrogens (tertiary/aromatic N) is 1. The Hall–Kier alpha value is -3.02. The monoisotopic (exact) mass is 353 g/mol. The van der Waals surface area contributed by atoms with E-state index in [0.29, 0.717) is 24.2 Å². The van der Waals surface area contributed by atoms with Crippen molar-refractivity contribution < 1.29 is 23.8 Å². The van der Waals surface area contributed by atoms with Crippen molar-refractivity contribution in [3.8, 4) is 11.5 Å². The average molecular weight is 353 g/mol. The van der Waals surface area contributed by atoms with E-state index in [4.69, 9.17) is 9.47 Å². The summed E-state index contributed by atoms with van der Waals surface area (Å²) in [7, 11) is 1.34. The molecule has 2 aliphatic rings. The Balaban J connectivity index is 1.45. The molecule has 26 heavy (non-hydrogen) atoms. The summed E-state index contributed by atoms with van der Waals surface area (Å²) < 4.78 is 15.5. The van der Waals surface area contributed by atoms with Crippen LogP contribution in [-0.4, -0.2) is 43.8 Å². The lowest BCUT2D eigenvalue weighted by atomic mass is 9.98. The van der Waals surface area contributed by atoms with Crippen molar-refractivity contribution in [2.45, 2.75) is 12.3 Å². The van der Waals surface area contributed by atoms with Crippen LogP contribution in [0.5, 0.6) is 11.5 Å². The van der Waals surface area contributed by atoms with Gasteiger partial charge in [0.15, 0.2) is 11.5 Å². The molecule has 2 aliphatic heterocycles. The highest BCUT2D eigenvalue weighted by Crippen LogP contribution is 2.37. The van der Waals surface area contributed by atoms with Crippen molar-refractivity contribution in [2.24, 2.45) is 0 Å². The summed E-state index contributed by atoms with van der Waals surface area (Å²) in [6.07, 6.45) is 0.908. The third kappa shape index (κ3) is 2.98. The molecule has 0 aromatic heterocycles. The maximum atomic E-state index is 12.7. The predicted octanol–water partition coefficient (Wildman–Crippen LogP) is 2.83. The highest BCUT2D eigenvalue weighted by molar-refractivity contribution is 5.96. The van der Waals surface area contributed by atoms with Crippen LogP contribution in [0.1, 0.15) is 38.6 Å². The molecule has 134 valence electrons. The van der Waals surface area contributed by atoms with Gasteiger partial charge in [0.1, 0.15) is 0 Å². The second kappa shape index (κ2) is 6.71. The number of ether oxygens (including phenoxy) is 3. The Morgan fingerprint density at radius 1 is 1.04 bits per heavy atom. The molecule has 2 aromatic rings. The smallest absolute Gasteiger partial charge is 0.337 e. The van der Waals surface area contributed by atoms with E-state index in [2.05, 4.69) is 4.74 Å². The summed E-state index contributed by atoms with van der Waals surface area (Å²) in [5.74, 6) is 1.39. The van der Waals surface area contributed by atoms with Crippen molar-refractivity contribution in [1.82, 2.24) is 4.90 Å². The van der Waals surface area contributed by atoms with E-state index in [1.54, 1.807) is 24.3 Å². The van der Waals surface area contributed by atoms with Gasteiger partial charge in [0.2, 0.25) is 6.79 Å². The normalized spacial score (nSPS) is 18.0. The lowest BCUT2D eigenvalue weighted by Gasteiger charge is -2.17. The van der Waals surface area contributed by atoms with Crippen molar-refractivity contribution in [1.29, 1.82) is 0 Å². The predicted molar refractivity (Wildman–Crippen MR) is 93.6 cm³/mol. The van der Waals surface area contributed by atoms with Crippen LogP contribution in [0.4, 0.5) is 0 Å². The van der Waals surface area contributed by atoms with Crippen molar-refractivity contribution in [2.75, 3.05) is 27.0 Å². The largest absolute Gasteiger partial charge is 0.465 e. The van der Waals surface area contributed by atoms with Crippen molar-refractivity contribution >= 4 is 11.9 Å². The minimum atomic E-state index is -0.409. The van der Waals surface area contributed by atoms with Crippen LogP contribution < -0.4 is 9.47 Å². The summed E-state index contributed by atoms with van der Waals surface area (Å²) in [5, 5.41) is 0. The van der Waals surface area contributed by atoms with Crippen molar-refractivity contribution in [3.63, 3.8) is 0 Å². The van der Waals surface area contributed by atoms with Crippen LogP contribution in [0.25, 0.3) is 0 Å². The Labute approximate surface area is 151 Å². The summed E-state index contributed by atoms with van der Waals surface area (Å²) in [4.78, 5) is 26.1. The van der Waals surface area contributed by atoms with Gasteiger partial charge >= 0.3 is 5.97 Å². The molecule has 0 N–H and O–H groups in total. The molecule has 1 fully saturated rings. The van der Waals surface area contributed by atoms with Gasteiger partial charge in [0.25, 0.3) is 5.91 Å². The fraction of sp³-hybridized carbons (Fsp3) is 0.300. The van der Waals surface area contributed by atoms with Gasteiger partial charge in [-0.1, -0.05) is 6.07 Å². The molecular formula is C20H19NO5. The van der Waals surface area contributed by atoms with E-state index in [1.165, 1.54) is 7.11 Å². The SMILES string of the molecule is COC(=O)c1ccc(C(=O)N2CCC(c3ccc4c(c3)OCO4)C2)cc1. The Bertz CT molecular complexity index is 846. The molecule has 4 rings (SSSR count). The first kappa shape index (κ1) is 16.4. The number of likely N-dealkylation sites (tertiary alicyclic amines) is 1. The Morgan fingerprint density at radius 2 is 1.77 bits per heavy atom. The number of amides is 1. The van der Waals surface area contributed by atoms with Crippen LogP contribution in [0.15, 0.2) is 42.5 Å². The van der Waals surface area contributed by atoms with Gasteiger partial charge < -0.3 is 19.1 Å². The molecule has 1 amide bonds. The molecule has 6 heteroatoms. The molecule has 0 saturated carbocycles. The standard InChI is InChI=1S/C20H19NO5/c1-24-20(23)14-4-2-13(3-5-14)19(22)21-9-8-16(11-21)15-6-7-17-18(10-15)26-12-25-17/h2-7,10,16H,8-9,11-12H2,1H3. The minimum absolute atomic E-state index is 0.0235. The number of rotatable bonds is 3. The number of hydrogen-bond acceptors (Lipinski definition) is 5. The van der Waals surface area contributed by atoms with Crippen LogP contribution in [0, 0.1) is 0 Å². The van der Waals surface area contributed by atoms with Gasteiger partial charge in [0, 0.05) is 24.6 Å². The lowest BCUT2D eigenvalue weighted by Crippen LogP contribution is -2.28.